The standard InChI is InChI=1S/C13H20FNO2/c1-13(2,3)17-9-12(16)8-15-11-6-4-10(14)5-7-11/h4-7,12,15-16H,8-9H2,1-3H3. The second-order valence-corrected chi connectivity index (χ2v) is 4.96. The molecule has 1 aromatic rings. The number of benzene rings is 1. The third kappa shape index (κ3) is 6.24. The van der Waals surface area contributed by atoms with Crippen molar-refractivity contribution >= 4 is 5.69 Å². The zero-order valence-corrected chi connectivity index (χ0v) is 10.5. The summed E-state index contributed by atoms with van der Waals surface area (Å²) < 4.78 is 18.1. The van der Waals surface area contributed by atoms with E-state index in [2.05, 4.69) is 5.32 Å². The van der Waals surface area contributed by atoms with E-state index in [-0.39, 0.29) is 18.0 Å². The van der Waals surface area contributed by atoms with Crippen molar-refractivity contribution in [1.82, 2.24) is 0 Å². The van der Waals surface area contributed by atoms with E-state index in [0.29, 0.717) is 6.54 Å². The van der Waals surface area contributed by atoms with Gasteiger partial charge in [0, 0.05) is 12.2 Å². The Morgan fingerprint density at radius 1 is 1.29 bits per heavy atom. The van der Waals surface area contributed by atoms with Crippen LogP contribution in [0.3, 0.4) is 0 Å². The third-order valence-corrected chi connectivity index (χ3v) is 2.09. The van der Waals surface area contributed by atoms with Gasteiger partial charge in [0.15, 0.2) is 0 Å². The molecule has 0 aliphatic rings. The molecule has 0 aliphatic heterocycles. The molecule has 96 valence electrons. The smallest absolute Gasteiger partial charge is 0.123 e. The Morgan fingerprint density at radius 3 is 2.41 bits per heavy atom. The number of nitrogens with one attached hydrogen (secondary N) is 1. The summed E-state index contributed by atoms with van der Waals surface area (Å²) in [6.07, 6.45) is -0.584. The predicted octanol–water partition coefficient (Wildman–Crippen LogP) is 2.41. The maximum atomic E-state index is 12.6. The van der Waals surface area contributed by atoms with Crippen LogP contribution < -0.4 is 5.32 Å². The van der Waals surface area contributed by atoms with E-state index in [1.807, 2.05) is 20.8 Å². The fourth-order valence-electron chi connectivity index (χ4n) is 1.21. The highest BCUT2D eigenvalue weighted by atomic mass is 19.1. The highest BCUT2D eigenvalue weighted by Crippen LogP contribution is 2.09. The van der Waals surface area contributed by atoms with E-state index < -0.39 is 6.10 Å². The van der Waals surface area contributed by atoms with Crippen LogP contribution in [0.15, 0.2) is 24.3 Å². The van der Waals surface area contributed by atoms with Gasteiger partial charge in [-0.15, -0.1) is 0 Å². The van der Waals surface area contributed by atoms with Crippen LogP contribution in [0.2, 0.25) is 0 Å². The number of rotatable bonds is 5. The number of anilines is 1. The zero-order valence-electron chi connectivity index (χ0n) is 10.5. The molecule has 17 heavy (non-hydrogen) atoms. The minimum Gasteiger partial charge on any atom is -0.389 e. The maximum Gasteiger partial charge on any atom is 0.123 e. The van der Waals surface area contributed by atoms with Crippen LogP contribution in [0, 0.1) is 5.82 Å². The largest absolute Gasteiger partial charge is 0.389 e. The minimum absolute atomic E-state index is 0.253. The highest BCUT2D eigenvalue weighted by Gasteiger charge is 2.13. The first kappa shape index (κ1) is 13.9. The van der Waals surface area contributed by atoms with Crippen LogP contribution in [0.4, 0.5) is 10.1 Å². The van der Waals surface area contributed by atoms with Crippen molar-refractivity contribution in [3.05, 3.63) is 30.1 Å². The molecule has 0 heterocycles. The van der Waals surface area contributed by atoms with Gasteiger partial charge in [-0.1, -0.05) is 0 Å². The molecule has 0 spiro atoms. The molecule has 1 atom stereocenters. The Morgan fingerprint density at radius 2 is 1.88 bits per heavy atom. The summed E-state index contributed by atoms with van der Waals surface area (Å²) in [5.74, 6) is -0.271. The second kappa shape index (κ2) is 5.98. The van der Waals surface area contributed by atoms with Gasteiger partial charge < -0.3 is 15.2 Å². The lowest BCUT2D eigenvalue weighted by Crippen LogP contribution is -2.30. The van der Waals surface area contributed by atoms with Gasteiger partial charge in [-0.2, -0.15) is 0 Å². The van der Waals surface area contributed by atoms with Gasteiger partial charge in [-0.3, -0.25) is 0 Å². The molecule has 1 rings (SSSR count). The summed E-state index contributed by atoms with van der Waals surface area (Å²) >= 11 is 0. The van der Waals surface area contributed by atoms with E-state index >= 15 is 0 Å². The molecule has 2 N–H and O–H groups in total. The topological polar surface area (TPSA) is 41.5 Å². The summed E-state index contributed by atoms with van der Waals surface area (Å²) in [6.45, 7) is 6.47. The molecular formula is C13H20FNO2. The number of hydrogen-bond acceptors (Lipinski definition) is 3. The highest BCUT2D eigenvalue weighted by molar-refractivity contribution is 5.42. The van der Waals surface area contributed by atoms with E-state index in [1.165, 1.54) is 12.1 Å². The molecule has 0 radical (unpaired) electrons. The van der Waals surface area contributed by atoms with E-state index in [0.717, 1.165) is 5.69 Å². The minimum atomic E-state index is -0.584. The van der Waals surface area contributed by atoms with Crippen LogP contribution in [-0.4, -0.2) is 30.0 Å². The molecule has 1 unspecified atom stereocenters. The molecule has 0 amide bonds. The summed E-state index contributed by atoms with van der Waals surface area (Å²) in [6, 6.07) is 6.01. The summed E-state index contributed by atoms with van der Waals surface area (Å²) in [4.78, 5) is 0. The van der Waals surface area contributed by atoms with Gasteiger partial charge in [0.05, 0.1) is 18.3 Å². The van der Waals surface area contributed by atoms with E-state index in [4.69, 9.17) is 4.74 Å². The molecule has 0 bridgehead atoms. The summed E-state index contributed by atoms with van der Waals surface area (Å²) in [5, 5.41) is 12.7. The summed E-state index contributed by atoms with van der Waals surface area (Å²) in [7, 11) is 0. The third-order valence-electron chi connectivity index (χ3n) is 2.09. The van der Waals surface area contributed by atoms with Crippen LogP contribution in [0.25, 0.3) is 0 Å². The number of aliphatic hydroxyl groups is 1. The van der Waals surface area contributed by atoms with Gasteiger partial charge >= 0.3 is 0 Å². The Bertz CT molecular complexity index is 332. The Hall–Kier alpha value is -1.13. The molecule has 0 aromatic heterocycles. The molecule has 0 saturated heterocycles. The molecule has 1 aromatic carbocycles. The van der Waals surface area contributed by atoms with Crippen molar-refractivity contribution in [2.45, 2.75) is 32.5 Å². The fraction of sp³-hybridized carbons (Fsp3) is 0.538. The SMILES string of the molecule is CC(C)(C)OCC(O)CNc1ccc(F)cc1. The Kier molecular flexibility index (Phi) is 4.90. The van der Waals surface area contributed by atoms with Gasteiger partial charge in [-0.25, -0.2) is 4.39 Å². The number of halogens is 1. The lowest BCUT2D eigenvalue weighted by Gasteiger charge is -2.22. The normalized spacial score (nSPS) is 13.5. The lowest BCUT2D eigenvalue weighted by atomic mass is 10.2. The number of aliphatic hydroxyl groups excluding tert-OH is 1. The van der Waals surface area contributed by atoms with Crippen molar-refractivity contribution in [3.63, 3.8) is 0 Å². The lowest BCUT2D eigenvalue weighted by molar-refractivity contribution is -0.0449. The van der Waals surface area contributed by atoms with Crippen LogP contribution >= 0.6 is 0 Å². The van der Waals surface area contributed by atoms with E-state index in [9.17, 15) is 9.50 Å². The van der Waals surface area contributed by atoms with Gasteiger partial charge in [0.1, 0.15) is 5.82 Å². The molecule has 0 fully saturated rings. The average Bonchev–Trinajstić information content (AvgIpc) is 2.25. The van der Waals surface area contributed by atoms with Crippen LogP contribution in [-0.2, 0) is 4.74 Å². The predicted molar refractivity (Wildman–Crippen MR) is 66.6 cm³/mol. The average molecular weight is 241 g/mol. The Balaban J connectivity index is 2.28. The van der Waals surface area contributed by atoms with Crippen LogP contribution in [0.1, 0.15) is 20.8 Å². The van der Waals surface area contributed by atoms with Crippen molar-refractivity contribution in [1.29, 1.82) is 0 Å². The quantitative estimate of drug-likeness (QED) is 0.831. The van der Waals surface area contributed by atoms with Crippen molar-refractivity contribution in [3.8, 4) is 0 Å². The van der Waals surface area contributed by atoms with Crippen molar-refractivity contribution in [2.75, 3.05) is 18.5 Å². The first-order valence-electron chi connectivity index (χ1n) is 5.68. The number of hydrogen-bond donors (Lipinski definition) is 2. The van der Waals surface area contributed by atoms with Crippen molar-refractivity contribution < 1.29 is 14.2 Å². The molecule has 4 heteroatoms. The second-order valence-electron chi connectivity index (χ2n) is 4.96. The fourth-order valence-corrected chi connectivity index (χ4v) is 1.21. The van der Waals surface area contributed by atoms with Gasteiger partial charge in [-0.05, 0) is 45.0 Å². The monoisotopic (exact) mass is 241 g/mol. The molecule has 0 saturated carbocycles. The first-order chi connectivity index (χ1) is 7.87. The Labute approximate surface area is 102 Å². The zero-order chi connectivity index (χ0) is 12.9. The van der Waals surface area contributed by atoms with E-state index in [1.54, 1.807) is 12.1 Å². The molecule has 3 nitrogen and oxygen atoms in total. The maximum absolute atomic E-state index is 12.6. The van der Waals surface area contributed by atoms with Gasteiger partial charge in [0.25, 0.3) is 0 Å². The molecule has 0 aliphatic carbocycles. The first-order valence-corrected chi connectivity index (χ1v) is 5.68. The van der Waals surface area contributed by atoms with Crippen molar-refractivity contribution in [2.24, 2.45) is 0 Å². The summed E-state index contributed by atoms with van der Waals surface area (Å²) in [5.41, 5.74) is 0.526. The van der Waals surface area contributed by atoms with Crippen LogP contribution in [0.5, 0.6) is 0 Å². The molecular weight excluding hydrogens is 221 g/mol. The number of ether oxygens (including phenoxy) is 1. The van der Waals surface area contributed by atoms with Gasteiger partial charge in [0.2, 0.25) is 0 Å².